The van der Waals surface area contributed by atoms with E-state index in [-0.39, 0.29) is 30.6 Å². The summed E-state index contributed by atoms with van der Waals surface area (Å²) in [4.78, 5) is 25.1. The maximum atomic E-state index is 12.0. The van der Waals surface area contributed by atoms with Gasteiger partial charge in [0.1, 0.15) is 0 Å². The van der Waals surface area contributed by atoms with Gasteiger partial charge >= 0.3 is 5.97 Å². The second-order valence-electron chi connectivity index (χ2n) is 5.53. The Morgan fingerprint density at radius 1 is 1.30 bits per heavy atom. The number of esters is 1. The van der Waals surface area contributed by atoms with Crippen molar-refractivity contribution in [2.45, 2.75) is 18.9 Å². The number of nitrogens with zero attached hydrogens (tertiary/aromatic N) is 1. The Morgan fingerprint density at radius 3 is 2.52 bits per heavy atom. The number of amides is 1. The molecule has 8 heteroatoms. The molecule has 1 aromatic rings. The summed E-state index contributed by atoms with van der Waals surface area (Å²) >= 11 is 3.31. The molecule has 1 heterocycles. The largest absolute Gasteiger partial charge is 0.455 e. The molecule has 2 rings (SSSR count). The van der Waals surface area contributed by atoms with E-state index in [0.717, 1.165) is 10.0 Å². The van der Waals surface area contributed by atoms with Crippen LogP contribution in [0, 0.1) is 0 Å². The zero-order chi connectivity index (χ0) is 17.0. The van der Waals surface area contributed by atoms with Crippen LogP contribution < -0.4 is 0 Å². The van der Waals surface area contributed by atoms with Gasteiger partial charge in [0.2, 0.25) is 0 Å². The lowest BCUT2D eigenvalue weighted by Crippen LogP contribution is -2.40. The molecular formula is C15H18BrNO5S. The van der Waals surface area contributed by atoms with Crippen LogP contribution >= 0.6 is 15.9 Å². The molecule has 1 aliphatic heterocycles. The third kappa shape index (κ3) is 5.31. The quantitative estimate of drug-likeness (QED) is 0.689. The fourth-order valence-electron chi connectivity index (χ4n) is 2.35. The normalized spacial score (nSPS) is 19.3. The highest BCUT2D eigenvalue weighted by Crippen LogP contribution is 2.16. The highest BCUT2D eigenvalue weighted by molar-refractivity contribution is 9.10. The van der Waals surface area contributed by atoms with Crippen LogP contribution in [-0.4, -0.2) is 56.4 Å². The summed E-state index contributed by atoms with van der Waals surface area (Å²) in [5.41, 5.74) is 0.792. The first-order valence-corrected chi connectivity index (χ1v) is 9.74. The number of halogens is 1. The van der Waals surface area contributed by atoms with E-state index >= 15 is 0 Å². The van der Waals surface area contributed by atoms with Crippen LogP contribution in [-0.2, 0) is 30.6 Å². The molecule has 0 N–H and O–H groups in total. The van der Waals surface area contributed by atoms with Gasteiger partial charge in [-0.3, -0.25) is 9.59 Å². The van der Waals surface area contributed by atoms with Crippen molar-refractivity contribution in [3.63, 3.8) is 0 Å². The Labute approximate surface area is 143 Å². The van der Waals surface area contributed by atoms with E-state index in [0.29, 0.717) is 6.42 Å². The zero-order valence-corrected chi connectivity index (χ0v) is 15.1. The van der Waals surface area contributed by atoms with Gasteiger partial charge in [0.05, 0.1) is 17.9 Å². The van der Waals surface area contributed by atoms with Gasteiger partial charge in [-0.1, -0.05) is 28.1 Å². The van der Waals surface area contributed by atoms with Crippen LogP contribution in [0.5, 0.6) is 0 Å². The van der Waals surface area contributed by atoms with Gasteiger partial charge in [-0.15, -0.1) is 0 Å². The van der Waals surface area contributed by atoms with Gasteiger partial charge in [0, 0.05) is 17.6 Å². The van der Waals surface area contributed by atoms with Crippen LogP contribution in [0.25, 0.3) is 0 Å². The molecule has 23 heavy (non-hydrogen) atoms. The molecule has 1 aliphatic rings. The van der Waals surface area contributed by atoms with Gasteiger partial charge in [0.15, 0.2) is 16.4 Å². The van der Waals surface area contributed by atoms with Crippen molar-refractivity contribution in [1.29, 1.82) is 0 Å². The molecule has 6 nitrogen and oxygen atoms in total. The third-order valence-corrected chi connectivity index (χ3v) is 6.05. The predicted octanol–water partition coefficient (Wildman–Crippen LogP) is 1.18. The molecule has 0 aromatic heterocycles. The lowest BCUT2D eigenvalue weighted by Gasteiger charge is -2.23. The van der Waals surface area contributed by atoms with Crippen molar-refractivity contribution in [3.8, 4) is 0 Å². The smallest absolute Gasteiger partial charge is 0.310 e. The van der Waals surface area contributed by atoms with Crippen LogP contribution in [0.15, 0.2) is 28.7 Å². The fourth-order valence-corrected chi connectivity index (χ4v) is 4.39. The Morgan fingerprint density at radius 2 is 1.96 bits per heavy atom. The van der Waals surface area contributed by atoms with E-state index in [1.54, 1.807) is 12.1 Å². The lowest BCUT2D eigenvalue weighted by molar-refractivity contribution is -0.151. The van der Waals surface area contributed by atoms with Crippen molar-refractivity contribution in [3.05, 3.63) is 34.3 Å². The maximum Gasteiger partial charge on any atom is 0.310 e. The topological polar surface area (TPSA) is 80.8 Å². The molecule has 1 saturated heterocycles. The zero-order valence-electron chi connectivity index (χ0n) is 12.7. The highest BCUT2D eigenvalue weighted by Gasteiger charge is 2.32. The minimum atomic E-state index is -3.05. The molecule has 1 fully saturated rings. The summed E-state index contributed by atoms with van der Waals surface area (Å²) in [6.07, 6.45) is 0.513. The Hall–Kier alpha value is -1.41. The molecule has 0 radical (unpaired) electrons. The van der Waals surface area contributed by atoms with Gasteiger partial charge in [-0.2, -0.15) is 0 Å². The number of likely N-dealkylation sites (N-methyl/N-ethyl adjacent to an activating group) is 1. The van der Waals surface area contributed by atoms with E-state index in [4.69, 9.17) is 4.74 Å². The molecule has 0 aliphatic carbocycles. The number of rotatable bonds is 5. The molecule has 0 saturated carbocycles. The van der Waals surface area contributed by atoms with Crippen molar-refractivity contribution < 1.29 is 22.7 Å². The SMILES string of the molecule is CN(C(=O)COC(=O)Cc1ccc(Br)cc1)C1CCS(=O)(=O)C1. The lowest BCUT2D eigenvalue weighted by atomic mass is 10.2. The molecule has 1 aromatic carbocycles. The summed E-state index contributed by atoms with van der Waals surface area (Å²) in [5, 5.41) is 0. The minimum Gasteiger partial charge on any atom is -0.455 e. The monoisotopic (exact) mass is 403 g/mol. The Balaban J connectivity index is 1.79. The van der Waals surface area contributed by atoms with Crippen molar-refractivity contribution in [2.24, 2.45) is 0 Å². The summed E-state index contributed by atoms with van der Waals surface area (Å²) in [7, 11) is -1.52. The molecule has 1 atom stereocenters. The first-order valence-electron chi connectivity index (χ1n) is 7.13. The van der Waals surface area contributed by atoms with Crippen molar-refractivity contribution in [2.75, 3.05) is 25.2 Å². The van der Waals surface area contributed by atoms with Crippen molar-refractivity contribution >= 4 is 37.6 Å². The summed E-state index contributed by atoms with van der Waals surface area (Å²) in [6.45, 7) is -0.373. The number of hydrogen-bond acceptors (Lipinski definition) is 5. The number of ether oxygens (including phenoxy) is 1. The Kier molecular flexibility index (Phi) is 5.80. The van der Waals surface area contributed by atoms with Gasteiger partial charge in [-0.25, -0.2) is 8.42 Å². The van der Waals surface area contributed by atoms with E-state index in [1.807, 2.05) is 12.1 Å². The average Bonchev–Trinajstić information content (AvgIpc) is 2.86. The second kappa shape index (κ2) is 7.44. The van der Waals surface area contributed by atoms with Crippen molar-refractivity contribution in [1.82, 2.24) is 4.90 Å². The van der Waals surface area contributed by atoms with E-state index in [2.05, 4.69) is 15.9 Å². The van der Waals surface area contributed by atoms with E-state index < -0.39 is 21.7 Å². The third-order valence-electron chi connectivity index (χ3n) is 3.77. The molecule has 1 amide bonds. The standard InChI is InChI=1S/C15H18BrNO5S/c1-17(13-6-7-23(20,21)10-13)14(18)9-22-15(19)8-11-2-4-12(16)5-3-11/h2-5,13H,6-10H2,1H3. The number of benzene rings is 1. The fraction of sp³-hybridized carbons (Fsp3) is 0.467. The Bertz CT molecular complexity index is 686. The van der Waals surface area contributed by atoms with Gasteiger partial charge in [-0.05, 0) is 24.1 Å². The molecular weight excluding hydrogens is 386 g/mol. The molecule has 0 spiro atoms. The van der Waals surface area contributed by atoms with Crippen LogP contribution in [0.2, 0.25) is 0 Å². The summed E-state index contributed by atoms with van der Waals surface area (Å²) in [5.74, 6) is -0.815. The highest BCUT2D eigenvalue weighted by atomic mass is 79.9. The minimum absolute atomic E-state index is 0.0257. The predicted molar refractivity (Wildman–Crippen MR) is 88.6 cm³/mol. The number of carbonyl (C=O) groups excluding carboxylic acids is 2. The first kappa shape index (κ1) is 17.9. The summed E-state index contributed by atoms with van der Waals surface area (Å²) in [6, 6.07) is 6.90. The summed E-state index contributed by atoms with van der Waals surface area (Å²) < 4.78 is 28.8. The van der Waals surface area contributed by atoms with E-state index in [1.165, 1.54) is 11.9 Å². The first-order chi connectivity index (χ1) is 10.8. The molecule has 0 bridgehead atoms. The van der Waals surface area contributed by atoms with Crippen LogP contribution in [0.4, 0.5) is 0 Å². The number of carbonyl (C=O) groups is 2. The van der Waals surface area contributed by atoms with E-state index in [9.17, 15) is 18.0 Å². The van der Waals surface area contributed by atoms with Crippen LogP contribution in [0.3, 0.4) is 0 Å². The molecule has 126 valence electrons. The maximum absolute atomic E-state index is 12.0. The average molecular weight is 404 g/mol. The molecule has 1 unspecified atom stereocenters. The second-order valence-corrected chi connectivity index (χ2v) is 8.67. The number of hydrogen-bond donors (Lipinski definition) is 0. The van der Waals surface area contributed by atoms with Gasteiger partial charge < -0.3 is 9.64 Å². The number of sulfone groups is 1. The van der Waals surface area contributed by atoms with Crippen LogP contribution in [0.1, 0.15) is 12.0 Å². The van der Waals surface area contributed by atoms with Gasteiger partial charge in [0.25, 0.3) is 5.91 Å².